The number of hydrogen-bond donors (Lipinski definition) is 2. The third-order valence-electron chi connectivity index (χ3n) is 2.37. The molecule has 0 fully saturated rings. The minimum absolute atomic E-state index is 0.115. The van der Waals surface area contributed by atoms with Crippen molar-refractivity contribution in [2.75, 3.05) is 0 Å². The number of hydrogen-bond acceptors (Lipinski definition) is 3. The van der Waals surface area contributed by atoms with Crippen molar-refractivity contribution in [2.24, 2.45) is 5.84 Å². The highest BCUT2D eigenvalue weighted by molar-refractivity contribution is 5.27. The Bertz CT molecular complexity index is 334. The number of nitrogens with two attached hydrogens (primary N) is 1. The fourth-order valence-electron chi connectivity index (χ4n) is 1.43. The van der Waals surface area contributed by atoms with Gasteiger partial charge in [-0.1, -0.05) is 19.1 Å². The van der Waals surface area contributed by atoms with Gasteiger partial charge in [-0.15, -0.1) is 13.2 Å². The van der Waals surface area contributed by atoms with Crippen LogP contribution in [0.3, 0.4) is 0 Å². The van der Waals surface area contributed by atoms with E-state index in [0.29, 0.717) is 6.42 Å². The zero-order valence-corrected chi connectivity index (χ0v) is 9.42. The number of rotatable bonds is 5. The first-order valence-corrected chi connectivity index (χ1v) is 5.25. The molecule has 0 bridgehead atoms. The third-order valence-corrected chi connectivity index (χ3v) is 2.37. The maximum Gasteiger partial charge on any atom is 0.573 e. The van der Waals surface area contributed by atoms with Crippen molar-refractivity contribution in [3.63, 3.8) is 0 Å². The first kappa shape index (κ1) is 13.8. The molecule has 6 heteroatoms. The molecule has 0 aromatic heterocycles. The van der Waals surface area contributed by atoms with Crippen LogP contribution in [-0.2, 0) is 6.42 Å². The fraction of sp³-hybridized carbons (Fsp3) is 0.455. The predicted molar refractivity (Wildman–Crippen MR) is 58.2 cm³/mol. The zero-order chi connectivity index (χ0) is 12.9. The van der Waals surface area contributed by atoms with E-state index in [0.717, 1.165) is 12.0 Å². The maximum atomic E-state index is 11.9. The molecule has 0 spiro atoms. The Kier molecular flexibility index (Phi) is 4.77. The highest BCUT2D eigenvalue weighted by Gasteiger charge is 2.30. The predicted octanol–water partition coefficient (Wildman–Crippen LogP) is 2.37. The van der Waals surface area contributed by atoms with Crippen LogP contribution >= 0.6 is 0 Å². The van der Waals surface area contributed by atoms with Crippen molar-refractivity contribution in [1.29, 1.82) is 0 Å². The summed E-state index contributed by atoms with van der Waals surface area (Å²) in [6.45, 7) is 1.98. The van der Waals surface area contributed by atoms with Crippen molar-refractivity contribution in [1.82, 2.24) is 5.43 Å². The normalized spacial score (nSPS) is 13.5. The maximum absolute atomic E-state index is 11.9. The molecule has 0 aliphatic rings. The second kappa shape index (κ2) is 5.88. The summed E-state index contributed by atoms with van der Waals surface area (Å²) >= 11 is 0. The van der Waals surface area contributed by atoms with Gasteiger partial charge in [0.05, 0.1) is 0 Å². The highest BCUT2D eigenvalue weighted by atomic mass is 19.4. The highest BCUT2D eigenvalue weighted by Crippen LogP contribution is 2.23. The quantitative estimate of drug-likeness (QED) is 0.621. The van der Waals surface area contributed by atoms with Gasteiger partial charge in [-0.3, -0.25) is 11.3 Å². The summed E-state index contributed by atoms with van der Waals surface area (Å²) in [4.78, 5) is 0. The minimum Gasteiger partial charge on any atom is -0.406 e. The summed E-state index contributed by atoms with van der Waals surface area (Å²) < 4.78 is 39.5. The molecule has 96 valence electrons. The lowest BCUT2D eigenvalue weighted by Gasteiger charge is -2.14. The summed E-state index contributed by atoms with van der Waals surface area (Å²) in [6, 6.07) is 5.91. The molecule has 3 nitrogen and oxygen atoms in total. The molecular weight excluding hydrogens is 233 g/mol. The van der Waals surface area contributed by atoms with E-state index < -0.39 is 6.36 Å². The van der Waals surface area contributed by atoms with Gasteiger partial charge in [0.2, 0.25) is 0 Å². The van der Waals surface area contributed by atoms with Crippen LogP contribution in [0.15, 0.2) is 24.3 Å². The Hall–Kier alpha value is -1.27. The number of hydrazine groups is 1. The molecule has 3 N–H and O–H groups in total. The second-order valence-electron chi connectivity index (χ2n) is 3.67. The van der Waals surface area contributed by atoms with Gasteiger partial charge in [-0.25, -0.2) is 0 Å². The van der Waals surface area contributed by atoms with Gasteiger partial charge < -0.3 is 4.74 Å². The second-order valence-corrected chi connectivity index (χ2v) is 3.67. The van der Waals surface area contributed by atoms with Crippen LogP contribution in [0.1, 0.15) is 18.9 Å². The van der Waals surface area contributed by atoms with Gasteiger partial charge in [0.15, 0.2) is 0 Å². The van der Waals surface area contributed by atoms with Crippen LogP contribution in [0.4, 0.5) is 13.2 Å². The molecule has 0 radical (unpaired) electrons. The van der Waals surface area contributed by atoms with Crippen LogP contribution in [-0.4, -0.2) is 12.4 Å². The van der Waals surface area contributed by atoms with Gasteiger partial charge in [-0.2, -0.15) is 0 Å². The van der Waals surface area contributed by atoms with E-state index in [1.54, 1.807) is 12.1 Å². The molecule has 0 amide bonds. The van der Waals surface area contributed by atoms with Crippen LogP contribution in [0.5, 0.6) is 5.75 Å². The monoisotopic (exact) mass is 248 g/mol. The zero-order valence-electron chi connectivity index (χ0n) is 9.42. The molecule has 1 atom stereocenters. The number of halogens is 3. The first-order valence-electron chi connectivity index (χ1n) is 5.25. The Morgan fingerprint density at radius 3 is 2.29 bits per heavy atom. The summed E-state index contributed by atoms with van der Waals surface area (Å²) in [5, 5.41) is 0. The Morgan fingerprint density at radius 2 is 1.88 bits per heavy atom. The Morgan fingerprint density at radius 1 is 1.29 bits per heavy atom. The fourth-order valence-corrected chi connectivity index (χ4v) is 1.43. The van der Waals surface area contributed by atoms with E-state index in [1.165, 1.54) is 12.1 Å². The molecule has 17 heavy (non-hydrogen) atoms. The van der Waals surface area contributed by atoms with Gasteiger partial charge in [0.25, 0.3) is 0 Å². The van der Waals surface area contributed by atoms with Crippen LogP contribution in [0, 0.1) is 0 Å². The Balaban J connectivity index is 2.62. The standard InChI is InChI=1S/C11H15F3N2O/c1-2-9(16-15)7-8-3-5-10(6-4-8)17-11(12,13)14/h3-6,9,16H,2,7,15H2,1H3. The number of alkyl halides is 3. The molecule has 0 saturated heterocycles. The van der Waals surface area contributed by atoms with Crippen LogP contribution in [0.25, 0.3) is 0 Å². The van der Waals surface area contributed by atoms with E-state index in [1.807, 2.05) is 6.92 Å². The molecule has 1 aromatic rings. The molecule has 0 aliphatic heterocycles. The Labute approximate surface area is 97.7 Å². The molecule has 1 rings (SSSR count). The number of ether oxygens (including phenoxy) is 1. The molecular formula is C11H15F3N2O. The van der Waals surface area contributed by atoms with Crippen molar-refractivity contribution in [3.05, 3.63) is 29.8 Å². The van der Waals surface area contributed by atoms with Crippen molar-refractivity contribution < 1.29 is 17.9 Å². The lowest BCUT2D eigenvalue weighted by Crippen LogP contribution is -2.36. The largest absolute Gasteiger partial charge is 0.573 e. The van der Waals surface area contributed by atoms with Gasteiger partial charge in [0, 0.05) is 6.04 Å². The first-order chi connectivity index (χ1) is 7.94. The average molecular weight is 248 g/mol. The van der Waals surface area contributed by atoms with Crippen LogP contribution < -0.4 is 16.0 Å². The molecule has 1 aromatic carbocycles. The van der Waals surface area contributed by atoms with Crippen molar-refractivity contribution in [2.45, 2.75) is 32.2 Å². The van der Waals surface area contributed by atoms with Gasteiger partial charge in [-0.05, 0) is 30.5 Å². The summed E-state index contributed by atoms with van der Waals surface area (Å²) in [7, 11) is 0. The number of benzene rings is 1. The van der Waals surface area contributed by atoms with Crippen molar-refractivity contribution in [3.8, 4) is 5.75 Å². The molecule has 1 unspecified atom stereocenters. The lowest BCUT2D eigenvalue weighted by atomic mass is 10.0. The minimum atomic E-state index is -4.65. The molecule has 0 aliphatic carbocycles. The lowest BCUT2D eigenvalue weighted by molar-refractivity contribution is -0.274. The number of nitrogens with one attached hydrogen (secondary N) is 1. The van der Waals surface area contributed by atoms with Crippen LogP contribution in [0.2, 0.25) is 0 Å². The van der Waals surface area contributed by atoms with E-state index in [2.05, 4.69) is 10.2 Å². The van der Waals surface area contributed by atoms with Gasteiger partial charge >= 0.3 is 6.36 Å². The van der Waals surface area contributed by atoms with Gasteiger partial charge in [0.1, 0.15) is 5.75 Å². The molecule has 0 saturated carbocycles. The SMILES string of the molecule is CCC(Cc1ccc(OC(F)(F)F)cc1)NN. The van der Waals surface area contributed by atoms with E-state index in [4.69, 9.17) is 5.84 Å². The summed E-state index contributed by atoms with van der Waals surface area (Å²) in [6.07, 6.45) is -3.14. The molecule has 0 heterocycles. The van der Waals surface area contributed by atoms with E-state index in [-0.39, 0.29) is 11.8 Å². The topological polar surface area (TPSA) is 47.3 Å². The smallest absolute Gasteiger partial charge is 0.406 e. The average Bonchev–Trinajstić information content (AvgIpc) is 2.26. The van der Waals surface area contributed by atoms with E-state index in [9.17, 15) is 13.2 Å². The summed E-state index contributed by atoms with van der Waals surface area (Å²) in [5.41, 5.74) is 3.55. The van der Waals surface area contributed by atoms with E-state index >= 15 is 0 Å². The third kappa shape index (κ3) is 5.06. The summed E-state index contributed by atoms with van der Waals surface area (Å²) in [5.74, 6) is 5.11. The van der Waals surface area contributed by atoms with Crippen molar-refractivity contribution >= 4 is 0 Å².